The minimum Gasteiger partial charge on any atom is -0.467 e. The van der Waals surface area contributed by atoms with Crippen LogP contribution in [0.25, 0.3) is 5.65 Å². The van der Waals surface area contributed by atoms with Gasteiger partial charge >= 0.3 is 0 Å². The van der Waals surface area contributed by atoms with Gasteiger partial charge in [0, 0.05) is 12.7 Å². The van der Waals surface area contributed by atoms with Crippen LogP contribution in [-0.4, -0.2) is 34.3 Å². The number of furan rings is 1. The van der Waals surface area contributed by atoms with Gasteiger partial charge in [-0.05, 0) is 38.4 Å². The molecule has 0 aliphatic heterocycles. The van der Waals surface area contributed by atoms with Crippen molar-refractivity contribution in [3.63, 3.8) is 0 Å². The van der Waals surface area contributed by atoms with Crippen molar-refractivity contribution >= 4 is 11.6 Å². The lowest BCUT2D eigenvalue weighted by atomic mass is 10.3. The van der Waals surface area contributed by atoms with E-state index in [9.17, 15) is 4.79 Å². The first-order valence-electron chi connectivity index (χ1n) is 7.06. The Morgan fingerprint density at radius 3 is 2.91 bits per heavy atom. The van der Waals surface area contributed by atoms with Gasteiger partial charge in [-0.15, -0.1) is 0 Å². The number of imidazole rings is 1. The highest BCUT2D eigenvalue weighted by Gasteiger charge is 2.19. The van der Waals surface area contributed by atoms with E-state index >= 15 is 0 Å². The normalized spacial score (nSPS) is 11.2. The summed E-state index contributed by atoms with van der Waals surface area (Å²) < 4.78 is 7.17. The van der Waals surface area contributed by atoms with Crippen molar-refractivity contribution in [2.45, 2.75) is 13.1 Å². The van der Waals surface area contributed by atoms with Crippen LogP contribution < -0.4 is 5.32 Å². The summed E-state index contributed by atoms with van der Waals surface area (Å²) in [5.41, 5.74) is 2.09. The summed E-state index contributed by atoms with van der Waals surface area (Å²) in [5, 5.41) is 2.85. The molecule has 3 aromatic rings. The summed E-state index contributed by atoms with van der Waals surface area (Å²) in [7, 11) is 3.93. The van der Waals surface area contributed by atoms with Crippen molar-refractivity contribution < 1.29 is 9.21 Å². The highest BCUT2D eigenvalue weighted by molar-refractivity contribution is 5.94. The van der Waals surface area contributed by atoms with E-state index in [1.165, 1.54) is 0 Å². The molecule has 0 unspecified atom stereocenters. The second kappa shape index (κ2) is 6.03. The summed E-state index contributed by atoms with van der Waals surface area (Å²) in [6, 6.07) is 9.35. The summed E-state index contributed by atoms with van der Waals surface area (Å²) in [6.45, 7) is 0.982. The topological polar surface area (TPSA) is 62.8 Å². The lowest BCUT2D eigenvalue weighted by Crippen LogP contribution is -2.25. The van der Waals surface area contributed by atoms with Crippen LogP contribution >= 0.6 is 0 Å². The highest BCUT2D eigenvalue weighted by atomic mass is 16.3. The number of hydrogen-bond acceptors (Lipinski definition) is 4. The van der Waals surface area contributed by atoms with Crippen molar-refractivity contribution in [3.05, 3.63) is 59.9 Å². The molecule has 0 aliphatic rings. The zero-order valence-corrected chi connectivity index (χ0v) is 12.6. The predicted molar refractivity (Wildman–Crippen MR) is 82.5 cm³/mol. The zero-order chi connectivity index (χ0) is 15.5. The maximum Gasteiger partial charge on any atom is 0.272 e. The number of carbonyl (C=O) groups is 1. The first-order chi connectivity index (χ1) is 10.6. The van der Waals surface area contributed by atoms with E-state index in [-0.39, 0.29) is 5.91 Å². The minimum absolute atomic E-state index is 0.197. The summed E-state index contributed by atoms with van der Waals surface area (Å²) >= 11 is 0. The SMILES string of the molecule is CN(C)Cc1c(C(=O)NCc2ccco2)nc2ccccn12. The van der Waals surface area contributed by atoms with Gasteiger partial charge in [-0.2, -0.15) is 0 Å². The number of fused-ring (bicyclic) bond motifs is 1. The molecule has 22 heavy (non-hydrogen) atoms. The van der Waals surface area contributed by atoms with Crippen LogP contribution in [0.2, 0.25) is 0 Å². The van der Waals surface area contributed by atoms with Gasteiger partial charge in [-0.1, -0.05) is 6.07 Å². The Morgan fingerprint density at radius 2 is 2.18 bits per heavy atom. The molecule has 0 bridgehead atoms. The lowest BCUT2D eigenvalue weighted by Gasteiger charge is -2.11. The van der Waals surface area contributed by atoms with Gasteiger partial charge in [-0.3, -0.25) is 4.79 Å². The average Bonchev–Trinajstić information content (AvgIpc) is 3.13. The fourth-order valence-electron chi connectivity index (χ4n) is 2.34. The van der Waals surface area contributed by atoms with Gasteiger partial charge in [-0.25, -0.2) is 4.98 Å². The number of pyridine rings is 1. The number of nitrogens with zero attached hydrogens (tertiary/aromatic N) is 3. The number of hydrogen-bond donors (Lipinski definition) is 1. The van der Waals surface area contributed by atoms with Crippen LogP contribution in [0, 0.1) is 0 Å². The quantitative estimate of drug-likeness (QED) is 0.781. The van der Waals surface area contributed by atoms with Crippen molar-refractivity contribution in [3.8, 4) is 0 Å². The van der Waals surface area contributed by atoms with Crippen LogP contribution in [0.5, 0.6) is 0 Å². The van der Waals surface area contributed by atoms with E-state index in [1.807, 2.05) is 53.9 Å². The van der Waals surface area contributed by atoms with Crippen LogP contribution in [0.1, 0.15) is 21.9 Å². The number of amides is 1. The Labute approximate surface area is 128 Å². The van der Waals surface area contributed by atoms with Crippen LogP contribution in [0.4, 0.5) is 0 Å². The van der Waals surface area contributed by atoms with Crippen molar-refractivity contribution in [1.29, 1.82) is 0 Å². The van der Waals surface area contributed by atoms with Gasteiger partial charge in [0.25, 0.3) is 5.91 Å². The molecule has 0 saturated carbocycles. The monoisotopic (exact) mass is 298 g/mol. The minimum atomic E-state index is -0.197. The fraction of sp³-hybridized carbons (Fsp3) is 0.250. The highest BCUT2D eigenvalue weighted by Crippen LogP contribution is 2.14. The molecule has 0 fully saturated rings. The summed E-state index contributed by atoms with van der Waals surface area (Å²) in [5.74, 6) is 0.517. The Hall–Kier alpha value is -2.60. The zero-order valence-electron chi connectivity index (χ0n) is 12.6. The molecule has 6 nitrogen and oxygen atoms in total. The van der Waals surface area contributed by atoms with E-state index in [4.69, 9.17) is 4.42 Å². The molecule has 3 rings (SSSR count). The van der Waals surface area contributed by atoms with Crippen LogP contribution in [0.3, 0.4) is 0 Å². The molecule has 0 aromatic carbocycles. The second-order valence-corrected chi connectivity index (χ2v) is 5.34. The first kappa shape index (κ1) is 14.3. The molecule has 0 radical (unpaired) electrons. The Kier molecular flexibility index (Phi) is 3.93. The molecule has 114 valence electrons. The summed E-state index contributed by atoms with van der Waals surface area (Å²) in [4.78, 5) is 18.9. The fourth-order valence-corrected chi connectivity index (χ4v) is 2.34. The standard InChI is InChI=1S/C16H18N4O2/c1-19(2)11-13-15(18-14-7-3-4-8-20(13)14)16(21)17-10-12-6-5-9-22-12/h3-9H,10-11H2,1-2H3,(H,17,21). The smallest absolute Gasteiger partial charge is 0.272 e. The van der Waals surface area contributed by atoms with E-state index in [2.05, 4.69) is 10.3 Å². The largest absolute Gasteiger partial charge is 0.467 e. The van der Waals surface area contributed by atoms with Crippen LogP contribution in [0.15, 0.2) is 47.2 Å². The van der Waals surface area contributed by atoms with Crippen molar-refractivity contribution in [2.75, 3.05) is 14.1 Å². The molecule has 3 aromatic heterocycles. The van der Waals surface area contributed by atoms with Crippen molar-refractivity contribution in [2.24, 2.45) is 0 Å². The Bertz CT molecular complexity index is 775. The molecule has 0 aliphatic carbocycles. The maximum atomic E-state index is 12.5. The van der Waals surface area contributed by atoms with E-state index in [0.29, 0.717) is 24.5 Å². The molecule has 0 atom stereocenters. The maximum absolute atomic E-state index is 12.5. The average molecular weight is 298 g/mol. The first-order valence-corrected chi connectivity index (χ1v) is 7.06. The molecule has 0 saturated heterocycles. The molecular weight excluding hydrogens is 280 g/mol. The van der Waals surface area contributed by atoms with Gasteiger partial charge in [0.1, 0.15) is 11.4 Å². The van der Waals surface area contributed by atoms with E-state index in [1.54, 1.807) is 12.3 Å². The third-order valence-electron chi connectivity index (χ3n) is 3.31. The molecule has 1 N–H and O–H groups in total. The van der Waals surface area contributed by atoms with Gasteiger partial charge in [0.05, 0.1) is 18.5 Å². The molecule has 0 spiro atoms. The number of nitrogens with one attached hydrogen (secondary N) is 1. The van der Waals surface area contributed by atoms with Crippen LogP contribution in [-0.2, 0) is 13.1 Å². The van der Waals surface area contributed by atoms with E-state index in [0.717, 1.165) is 11.3 Å². The van der Waals surface area contributed by atoms with Gasteiger partial charge in [0.2, 0.25) is 0 Å². The number of rotatable bonds is 5. The number of aromatic nitrogens is 2. The van der Waals surface area contributed by atoms with Gasteiger partial charge in [0.15, 0.2) is 5.69 Å². The lowest BCUT2D eigenvalue weighted by molar-refractivity contribution is 0.0942. The second-order valence-electron chi connectivity index (χ2n) is 5.34. The Balaban J connectivity index is 1.89. The molecule has 1 amide bonds. The Morgan fingerprint density at radius 1 is 1.32 bits per heavy atom. The van der Waals surface area contributed by atoms with Crippen molar-refractivity contribution in [1.82, 2.24) is 19.6 Å². The summed E-state index contributed by atoms with van der Waals surface area (Å²) in [6.07, 6.45) is 3.51. The molecular formula is C16H18N4O2. The van der Waals surface area contributed by atoms with E-state index < -0.39 is 0 Å². The third-order valence-corrected chi connectivity index (χ3v) is 3.31. The third kappa shape index (κ3) is 2.87. The molecule has 3 heterocycles. The van der Waals surface area contributed by atoms with Gasteiger partial charge < -0.3 is 19.0 Å². The predicted octanol–water partition coefficient (Wildman–Crippen LogP) is 1.92. The molecule has 6 heteroatoms. The number of carbonyl (C=O) groups excluding carboxylic acids is 1.